The predicted molar refractivity (Wildman–Crippen MR) is 238 cm³/mol. The van der Waals surface area contributed by atoms with Crippen LogP contribution in [0, 0.1) is 5.92 Å². The van der Waals surface area contributed by atoms with Crippen LogP contribution in [0.1, 0.15) is 74.3 Å². The summed E-state index contributed by atoms with van der Waals surface area (Å²) >= 11 is 0. The van der Waals surface area contributed by atoms with E-state index in [9.17, 15) is 24.6 Å². The minimum absolute atomic E-state index is 0.0783. The van der Waals surface area contributed by atoms with Gasteiger partial charge in [-0.2, -0.15) is 0 Å². The predicted octanol–water partition coefficient (Wildman–Crippen LogP) is 5.35. The van der Waals surface area contributed by atoms with Crippen molar-refractivity contribution < 1.29 is 34.1 Å². The normalized spacial score (nSPS) is 20.2. The highest BCUT2D eigenvalue weighted by molar-refractivity contribution is 5.81. The van der Waals surface area contributed by atoms with Crippen molar-refractivity contribution in [3.63, 3.8) is 0 Å². The molecule has 1 amide bonds. The number of amides is 1. The molecule has 3 atom stereocenters. The fourth-order valence-corrected chi connectivity index (χ4v) is 7.62. The van der Waals surface area contributed by atoms with Gasteiger partial charge in [0.05, 0.1) is 36.7 Å². The smallest absolute Gasteiger partial charge is 0.407 e. The van der Waals surface area contributed by atoms with Crippen LogP contribution < -0.4 is 26.1 Å². The third kappa shape index (κ3) is 14.9. The number of methoxy groups -OCH3 is 1. The van der Waals surface area contributed by atoms with E-state index >= 15 is 0 Å². The maximum atomic E-state index is 11.9. The zero-order valence-electron chi connectivity index (χ0n) is 36.1. The van der Waals surface area contributed by atoms with Crippen LogP contribution in [0.15, 0.2) is 78.0 Å². The molecule has 3 saturated heterocycles. The Balaban J connectivity index is 0.000000224. The number of allylic oxidation sites excluding steroid dienone is 5. The van der Waals surface area contributed by atoms with Crippen LogP contribution in [0.5, 0.6) is 11.5 Å². The number of aliphatic hydroxyl groups is 1. The number of hydrogen-bond donors (Lipinski definition) is 6. The molecule has 4 heterocycles. The van der Waals surface area contributed by atoms with Gasteiger partial charge in [-0.15, -0.1) is 0 Å². The molecule has 0 spiro atoms. The zero-order valence-corrected chi connectivity index (χ0v) is 36.1. The van der Waals surface area contributed by atoms with E-state index in [0.29, 0.717) is 47.7 Å². The van der Waals surface area contributed by atoms with Gasteiger partial charge < -0.3 is 50.4 Å². The highest BCUT2D eigenvalue weighted by Crippen LogP contribution is 2.34. The first kappa shape index (κ1) is 47.7. The number of anilines is 1. The number of hydrazine groups is 1. The molecule has 5 aliphatic rings. The Labute approximate surface area is 356 Å². The summed E-state index contributed by atoms with van der Waals surface area (Å²) in [6.45, 7) is 9.94. The van der Waals surface area contributed by atoms with Gasteiger partial charge in [-0.05, 0) is 144 Å². The number of nitrogens with one attached hydrogen (secondary N) is 4. The second kappa shape index (κ2) is 25.6. The van der Waals surface area contributed by atoms with Crippen molar-refractivity contribution >= 4 is 30.4 Å². The molecule has 2 bridgehead atoms. The number of nitrogens with zero attached hydrogens (tertiary/aromatic N) is 3. The van der Waals surface area contributed by atoms with Crippen molar-refractivity contribution in [1.29, 1.82) is 0 Å². The molecule has 7 rings (SSSR count). The number of aldehydes is 2. The van der Waals surface area contributed by atoms with Crippen molar-refractivity contribution in [2.75, 3.05) is 86.0 Å². The highest BCUT2D eigenvalue weighted by Gasteiger charge is 2.25. The average Bonchev–Trinajstić information content (AvgIpc) is 3.66. The fourth-order valence-electron chi connectivity index (χ4n) is 7.62. The molecule has 0 radical (unpaired) electrons. The fraction of sp³-hybridized carbons (Fsp3) is 0.500. The lowest BCUT2D eigenvalue weighted by Crippen LogP contribution is -2.41. The molecule has 2 aromatic carbocycles. The number of phenols is 1. The van der Waals surface area contributed by atoms with E-state index in [1.54, 1.807) is 37.3 Å². The van der Waals surface area contributed by atoms with E-state index in [0.717, 1.165) is 62.2 Å². The number of fused-ring (bicyclic) bond motifs is 3. The Morgan fingerprint density at radius 1 is 1.13 bits per heavy atom. The average molecular weight is 830 g/mol. The Kier molecular flexibility index (Phi) is 20.3. The van der Waals surface area contributed by atoms with Crippen LogP contribution in [-0.2, 0) is 14.3 Å². The second-order valence-corrected chi connectivity index (χ2v) is 15.4. The molecular weight excluding hydrogens is 763 g/mol. The maximum absolute atomic E-state index is 11.9. The molecule has 2 aromatic rings. The van der Waals surface area contributed by atoms with Crippen LogP contribution in [0.4, 0.5) is 10.5 Å². The summed E-state index contributed by atoms with van der Waals surface area (Å²) in [6, 6.07) is 10.5. The summed E-state index contributed by atoms with van der Waals surface area (Å²) in [7, 11) is 6.91. The van der Waals surface area contributed by atoms with Crippen LogP contribution >= 0.6 is 0 Å². The molecule has 6 N–H and O–H groups in total. The Morgan fingerprint density at radius 2 is 1.90 bits per heavy atom. The van der Waals surface area contributed by atoms with Gasteiger partial charge in [0.25, 0.3) is 0 Å². The summed E-state index contributed by atoms with van der Waals surface area (Å²) in [5.74, 6) is 1.88. The topological polar surface area (TPSA) is 168 Å². The standard InChI is InChI=1S/C21H25N3O4.C18H29N3O3.C7H13N/c1-24-18(13-25)12-17(23-24)14-28-19-10-6-9-16(11-19)20(22-21(26)27-2)15-7-4-3-5-8-15;1-4-21(3)11-6-10-20-13-17(24)14-8-9-16(23)18(19-2)15(14)7-5-12-22;1-4-8-5-2-7(1)3-6-8/h3-4,6-7,9-13,17,20,23H,5,8,14H2,1-2H3,(H,22,26);5,7-9,12,17,19-20,23-24H,4,6,10-11,13H2,1-3H3;7H,1-6H2/b;7-5-;. The molecular formula is C46H67N7O7. The number of benzene rings is 2. The number of aliphatic hydroxyl groups excluding tert-OH is 1. The minimum Gasteiger partial charge on any atom is -0.506 e. The number of carbonyl (C=O) groups excluding carboxylic acids is 3. The Hall–Kier alpha value is -4.99. The summed E-state index contributed by atoms with van der Waals surface area (Å²) in [6.07, 6.45) is 18.4. The molecule has 3 unspecified atom stereocenters. The molecule has 14 nitrogen and oxygen atoms in total. The number of carbonyl (C=O) groups is 3. The summed E-state index contributed by atoms with van der Waals surface area (Å²) in [4.78, 5) is 38.3. The molecule has 3 fully saturated rings. The SMILES string of the molecule is C1CN2CCC1CC2.CCN(C)CCCNCC(O)c1ccc(O)c(NC)c1/C=C\C=O.COC(=O)NC(C1=CC=CCC1)c1cccc(OCC2C=C(C=O)N(C)N2)c1. The highest BCUT2D eigenvalue weighted by atomic mass is 16.5. The van der Waals surface area contributed by atoms with Crippen molar-refractivity contribution in [3.05, 3.63) is 94.7 Å². The van der Waals surface area contributed by atoms with E-state index < -0.39 is 12.2 Å². The van der Waals surface area contributed by atoms with Gasteiger partial charge in [0.1, 0.15) is 24.4 Å². The number of likely N-dealkylation sites (N-methyl/N-ethyl adjacent to an activating group) is 1. The van der Waals surface area contributed by atoms with Gasteiger partial charge in [0.2, 0.25) is 0 Å². The van der Waals surface area contributed by atoms with E-state index in [2.05, 4.69) is 51.2 Å². The van der Waals surface area contributed by atoms with Crippen molar-refractivity contribution in [2.24, 2.45) is 5.92 Å². The number of rotatable bonds is 18. The number of hydrogen-bond acceptors (Lipinski definition) is 13. The second-order valence-electron chi connectivity index (χ2n) is 15.4. The monoisotopic (exact) mass is 830 g/mol. The summed E-state index contributed by atoms with van der Waals surface area (Å²) < 4.78 is 10.7. The third-order valence-corrected chi connectivity index (χ3v) is 11.3. The zero-order chi connectivity index (χ0) is 43.3. The van der Waals surface area contributed by atoms with E-state index in [4.69, 9.17) is 9.47 Å². The summed E-state index contributed by atoms with van der Waals surface area (Å²) in [5.41, 5.74) is 7.53. The molecule has 0 saturated carbocycles. The maximum Gasteiger partial charge on any atom is 0.407 e. The molecule has 60 heavy (non-hydrogen) atoms. The lowest BCUT2D eigenvalue weighted by molar-refractivity contribution is -0.106. The van der Waals surface area contributed by atoms with Crippen LogP contribution in [0.3, 0.4) is 0 Å². The molecule has 14 heteroatoms. The largest absolute Gasteiger partial charge is 0.506 e. The van der Waals surface area contributed by atoms with Crippen molar-refractivity contribution in [1.82, 2.24) is 30.9 Å². The first-order chi connectivity index (χ1) is 29.1. The number of alkyl carbamates (subject to hydrolysis) is 1. The van der Waals surface area contributed by atoms with E-state index in [1.165, 1.54) is 52.1 Å². The Morgan fingerprint density at radius 3 is 2.48 bits per heavy atom. The third-order valence-electron chi connectivity index (χ3n) is 11.3. The van der Waals surface area contributed by atoms with Gasteiger partial charge in [0.15, 0.2) is 6.29 Å². The number of piperidine rings is 3. The van der Waals surface area contributed by atoms with Gasteiger partial charge in [-0.1, -0.05) is 43.4 Å². The first-order valence-corrected chi connectivity index (χ1v) is 21.1. The van der Waals surface area contributed by atoms with Gasteiger partial charge in [-0.25, -0.2) is 10.2 Å². The Bertz CT molecular complexity index is 1770. The lowest BCUT2D eigenvalue weighted by Gasteiger charge is -2.38. The quantitative estimate of drug-likeness (QED) is 0.0493. The van der Waals surface area contributed by atoms with Gasteiger partial charge in [-0.3, -0.25) is 9.59 Å². The number of phenolic OH excluding ortho intramolecular Hbond substituents is 1. The molecule has 0 aromatic heterocycles. The number of ether oxygens (including phenoxy) is 2. The number of aromatic hydroxyl groups is 1. The molecule has 1 aliphatic carbocycles. The van der Waals surface area contributed by atoms with Crippen LogP contribution in [0.2, 0.25) is 0 Å². The summed E-state index contributed by atoms with van der Waals surface area (Å²) in [5, 5.41) is 31.1. The lowest BCUT2D eigenvalue weighted by atomic mass is 9.89. The van der Waals surface area contributed by atoms with E-state index in [-0.39, 0.29) is 17.8 Å². The van der Waals surface area contributed by atoms with Gasteiger partial charge >= 0.3 is 6.09 Å². The van der Waals surface area contributed by atoms with Crippen molar-refractivity contribution in [2.45, 2.75) is 63.6 Å². The van der Waals surface area contributed by atoms with E-state index in [1.807, 2.05) is 42.5 Å². The molecule has 4 aliphatic heterocycles. The van der Waals surface area contributed by atoms with Crippen molar-refractivity contribution in [3.8, 4) is 11.5 Å². The first-order valence-electron chi connectivity index (χ1n) is 21.1. The van der Waals surface area contributed by atoms with Crippen LogP contribution in [-0.4, -0.2) is 130 Å². The molecule has 328 valence electrons. The van der Waals surface area contributed by atoms with Crippen LogP contribution in [0.25, 0.3) is 6.08 Å². The van der Waals surface area contributed by atoms with Gasteiger partial charge in [0, 0.05) is 26.2 Å². The minimum atomic E-state index is -0.729.